The third-order valence-electron chi connectivity index (χ3n) is 4.56. The molecule has 0 aliphatic carbocycles. The van der Waals surface area contributed by atoms with Crippen LogP contribution in [-0.2, 0) is 11.2 Å². The number of piperazine rings is 1. The second-order valence-electron chi connectivity index (χ2n) is 6.21. The molecule has 0 bridgehead atoms. The third-order valence-corrected chi connectivity index (χ3v) is 5.39. The number of aromatic amines is 1. The highest BCUT2D eigenvalue weighted by Gasteiger charge is 2.22. The highest BCUT2D eigenvalue weighted by molar-refractivity contribution is 7.13. The van der Waals surface area contributed by atoms with Crippen molar-refractivity contribution in [2.75, 3.05) is 31.1 Å². The summed E-state index contributed by atoms with van der Waals surface area (Å²) in [6.07, 6.45) is 2.58. The molecule has 1 fully saturated rings. The second-order valence-corrected chi connectivity index (χ2v) is 7.09. The van der Waals surface area contributed by atoms with Gasteiger partial charge >= 0.3 is 0 Å². The van der Waals surface area contributed by atoms with Crippen LogP contribution in [0.15, 0.2) is 40.6 Å². The first-order valence-electron chi connectivity index (χ1n) is 8.61. The monoisotopic (exact) mass is 369 g/mol. The standard InChI is InChI=1S/C18H19N5O2S/c24-16(22-8-10-23(11-9-22)18-19-7-12-26-18)6-5-15-20-14-4-2-1-3-13(14)17(25)21-15/h1-4,7,12H,5-6,8-11H2,(H,20,21,25). The molecule has 3 aromatic rings. The lowest BCUT2D eigenvalue weighted by molar-refractivity contribution is -0.131. The van der Waals surface area contributed by atoms with Gasteiger partial charge in [-0.1, -0.05) is 12.1 Å². The van der Waals surface area contributed by atoms with Crippen molar-refractivity contribution in [1.82, 2.24) is 19.9 Å². The zero-order valence-corrected chi connectivity index (χ0v) is 15.0. The molecule has 26 heavy (non-hydrogen) atoms. The van der Waals surface area contributed by atoms with Gasteiger partial charge in [0.05, 0.1) is 10.9 Å². The molecular formula is C18H19N5O2S. The Labute approximate surface area is 154 Å². The number of hydrogen-bond donors (Lipinski definition) is 1. The van der Waals surface area contributed by atoms with E-state index in [1.807, 2.05) is 28.5 Å². The predicted molar refractivity (Wildman–Crippen MR) is 102 cm³/mol. The highest BCUT2D eigenvalue weighted by atomic mass is 32.1. The molecule has 1 amide bonds. The van der Waals surface area contributed by atoms with Gasteiger partial charge in [-0.05, 0) is 12.1 Å². The number of nitrogens with zero attached hydrogens (tertiary/aromatic N) is 4. The number of rotatable bonds is 4. The van der Waals surface area contributed by atoms with Gasteiger partial charge in [-0.3, -0.25) is 9.59 Å². The summed E-state index contributed by atoms with van der Waals surface area (Å²) in [5.41, 5.74) is 0.505. The summed E-state index contributed by atoms with van der Waals surface area (Å²) in [5.74, 6) is 0.656. The Morgan fingerprint density at radius 1 is 1.19 bits per heavy atom. The van der Waals surface area contributed by atoms with Crippen molar-refractivity contribution < 1.29 is 4.79 Å². The van der Waals surface area contributed by atoms with Crippen molar-refractivity contribution in [3.63, 3.8) is 0 Å². The first-order valence-corrected chi connectivity index (χ1v) is 9.49. The van der Waals surface area contributed by atoms with E-state index in [1.54, 1.807) is 23.6 Å². The molecular weight excluding hydrogens is 350 g/mol. The molecule has 1 saturated heterocycles. The van der Waals surface area contributed by atoms with Crippen LogP contribution in [-0.4, -0.2) is 51.9 Å². The summed E-state index contributed by atoms with van der Waals surface area (Å²) in [5, 5.41) is 3.54. The van der Waals surface area contributed by atoms with E-state index in [1.165, 1.54) is 0 Å². The Morgan fingerprint density at radius 3 is 2.77 bits per heavy atom. The zero-order chi connectivity index (χ0) is 17.9. The number of amides is 1. The van der Waals surface area contributed by atoms with E-state index in [0.29, 0.717) is 42.7 Å². The molecule has 0 atom stereocenters. The van der Waals surface area contributed by atoms with Gasteiger partial charge in [-0.25, -0.2) is 9.97 Å². The van der Waals surface area contributed by atoms with Crippen LogP contribution in [0.4, 0.5) is 5.13 Å². The Kier molecular flexibility index (Phi) is 4.66. The summed E-state index contributed by atoms with van der Waals surface area (Å²) in [7, 11) is 0. The maximum atomic E-state index is 12.5. The number of aryl methyl sites for hydroxylation is 1. The summed E-state index contributed by atoms with van der Waals surface area (Å²) in [6.45, 7) is 2.98. The fourth-order valence-electron chi connectivity index (χ4n) is 3.16. The first kappa shape index (κ1) is 16.7. The molecule has 7 nitrogen and oxygen atoms in total. The van der Waals surface area contributed by atoms with Crippen molar-refractivity contribution >= 4 is 33.3 Å². The number of nitrogens with one attached hydrogen (secondary N) is 1. The minimum atomic E-state index is -0.157. The largest absolute Gasteiger partial charge is 0.345 e. The summed E-state index contributed by atoms with van der Waals surface area (Å²) < 4.78 is 0. The van der Waals surface area contributed by atoms with E-state index < -0.39 is 0 Å². The van der Waals surface area contributed by atoms with Crippen LogP contribution < -0.4 is 10.5 Å². The number of carbonyl (C=O) groups is 1. The lowest BCUT2D eigenvalue weighted by Gasteiger charge is -2.34. The number of para-hydroxylation sites is 1. The van der Waals surface area contributed by atoms with Crippen LogP contribution in [0.5, 0.6) is 0 Å². The van der Waals surface area contributed by atoms with Crippen LogP contribution in [0.25, 0.3) is 10.9 Å². The maximum Gasteiger partial charge on any atom is 0.258 e. The van der Waals surface area contributed by atoms with E-state index in [0.717, 1.165) is 18.2 Å². The fourth-order valence-corrected chi connectivity index (χ4v) is 3.85. The topological polar surface area (TPSA) is 82.2 Å². The number of hydrogen-bond acceptors (Lipinski definition) is 6. The second kappa shape index (κ2) is 7.25. The summed E-state index contributed by atoms with van der Waals surface area (Å²) in [4.78, 5) is 40.2. The molecule has 1 N–H and O–H groups in total. The van der Waals surface area contributed by atoms with Crippen molar-refractivity contribution in [3.05, 3.63) is 52.0 Å². The minimum absolute atomic E-state index is 0.0968. The fraction of sp³-hybridized carbons (Fsp3) is 0.333. The van der Waals surface area contributed by atoms with Gasteiger partial charge in [-0.2, -0.15) is 0 Å². The van der Waals surface area contributed by atoms with Gasteiger partial charge in [0.25, 0.3) is 5.56 Å². The third kappa shape index (κ3) is 3.45. The maximum absolute atomic E-state index is 12.5. The molecule has 0 spiro atoms. The van der Waals surface area contributed by atoms with Gasteiger partial charge in [-0.15, -0.1) is 11.3 Å². The Morgan fingerprint density at radius 2 is 2.00 bits per heavy atom. The molecule has 1 aliphatic rings. The number of anilines is 1. The molecule has 0 radical (unpaired) electrons. The highest BCUT2D eigenvalue weighted by Crippen LogP contribution is 2.19. The van der Waals surface area contributed by atoms with Gasteiger partial charge in [0.2, 0.25) is 5.91 Å². The molecule has 0 saturated carbocycles. The Bertz CT molecular complexity index is 961. The Hall–Kier alpha value is -2.74. The van der Waals surface area contributed by atoms with E-state index in [4.69, 9.17) is 0 Å². The van der Waals surface area contributed by atoms with Gasteiger partial charge in [0, 0.05) is 50.6 Å². The lowest BCUT2D eigenvalue weighted by Crippen LogP contribution is -2.48. The quantitative estimate of drug-likeness (QED) is 0.756. The van der Waals surface area contributed by atoms with Crippen LogP contribution >= 0.6 is 11.3 Å². The Balaban J connectivity index is 1.35. The van der Waals surface area contributed by atoms with Crippen LogP contribution in [0.3, 0.4) is 0 Å². The van der Waals surface area contributed by atoms with Gasteiger partial charge in [0.1, 0.15) is 5.82 Å². The molecule has 3 heterocycles. The number of aromatic nitrogens is 3. The van der Waals surface area contributed by atoms with Crippen molar-refractivity contribution in [3.8, 4) is 0 Å². The normalized spacial score (nSPS) is 14.8. The van der Waals surface area contributed by atoms with Crippen LogP contribution in [0, 0.1) is 0 Å². The lowest BCUT2D eigenvalue weighted by atomic mass is 10.2. The zero-order valence-electron chi connectivity index (χ0n) is 14.2. The summed E-state index contributed by atoms with van der Waals surface area (Å²) in [6, 6.07) is 7.23. The summed E-state index contributed by atoms with van der Waals surface area (Å²) >= 11 is 1.62. The van der Waals surface area contributed by atoms with E-state index in [2.05, 4.69) is 19.9 Å². The number of benzene rings is 1. The van der Waals surface area contributed by atoms with Crippen LogP contribution in [0.1, 0.15) is 12.2 Å². The number of fused-ring (bicyclic) bond motifs is 1. The van der Waals surface area contributed by atoms with Crippen molar-refractivity contribution in [2.24, 2.45) is 0 Å². The molecule has 8 heteroatoms. The predicted octanol–water partition coefficient (Wildman–Crippen LogP) is 1.66. The number of H-pyrrole nitrogens is 1. The average Bonchev–Trinajstić information content (AvgIpc) is 3.21. The van der Waals surface area contributed by atoms with Gasteiger partial charge in [0.15, 0.2) is 5.13 Å². The van der Waals surface area contributed by atoms with E-state index in [9.17, 15) is 9.59 Å². The van der Waals surface area contributed by atoms with E-state index in [-0.39, 0.29) is 11.5 Å². The molecule has 1 aromatic carbocycles. The van der Waals surface area contributed by atoms with Crippen LogP contribution in [0.2, 0.25) is 0 Å². The smallest absolute Gasteiger partial charge is 0.258 e. The molecule has 1 aliphatic heterocycles. The molecule has 134 valence electrons. The van der Waals surface area contributed by atoms with E-state index >= 15 is 0 Å². The van der Waals surface area contributed by atoms with Gasteiger partial charge < -0.3 is 14.8 Å². The molecule has 0 unspecified atom stereocenters. The SMILES string of the molecule is O=C(CCc1nc2ccccc2c(=O)[nH]1)N1CCN(c2nccs2)CC1. The van der Waals surface area contributed by atoms with Crippen molar-refractivity contribution in [2.45, 2.75) is 12.8 Å². The number of carbonyl (C=O) groups excluding carboxylic acids is 1. The average molecular weight is 369 g/mol. The minimum Gasteiger partial charge on any atom is -0.345 e. The molecule has 2 aromatic heterocycles. The van der Waals surface area contributed by atoms with Crippen molar-refractivity contribution in [1.29, 1.82) is 0 Å². The first-order chi connectivity index (χ1) is 12.7. The number of thiazole rings is 1. The molecule has 4 rings (SSSR count).